The van der Waals surface area contributed by atoms with Gasteiger partial charge in [0.15, 0.2) is 0 Å². The summed E-state index contributed by atoms with van der Waals surface area (Å²) >= 11 is 0. The van der Waals surface area contributed by atoms with Crippen LogP contribution in [0.4, 0.5) is 0 Å². The van der Waals surface area contributed by atoms with Crippen LogP contribution in [0.15, 0.2) is 11.6 Å². The average molecular weight is 429 g/mol. The lowest BCUT2D eigenvalue weighted by Gasteiger charge is -2.62. The summed E-state index contributed by atoms with van der Waals surface area (Å²) in [6, 6.07) is 0. The Labute approximate surface area is 193 Å². The summed E-state index contributed by atoms with van der Waals surface area (Å²) in [6.45, 7) is 15.1. The first-order valence-electron chi connectivity index (χ1n) is 14.1. The molecule has 0 aromatic rings. The molecule has 1 heteroatoms. The molecule has 4 aliphatic rings. The van der Waals surface area contributed by atoms with Crippen LogP contribution in [0.5, 0.6) is 0 Å². The zero-order valence-electron chi connectivity index (χ0n) is 21.6. The van der Waals surface area contributed by atoms with Crippen LogP contribution in [-0.4, -0.2) is 11.2 Å². The van der Waals surface area contributed by atoms with Crippen LogP contribution in [0.2, 0.25) is 0 Å². The Morgan fingerprint density at radius 2 is 1.77 bits per heavy atom. The van der Waals surface area contributed by atoms with E-state index in [0.717, 1.165) is 54.3 Å². The highest BCUT2D eigenvalue weighted by Crippen LogP contribution is 2.66. The molecule has 31 heavy (non-hydrogen) atoms. The maximum Gasteiger partial charge on any atom is 0.0577 e. The van der Waals surface area contributed by atoms with Gasteiger partial charge in [0.25, 0.3) is 0 Å². The van der Waals surface area contributed by atoms with Gasteiger partial charge in [0.05, 0.1) is 6.10 Å². The van der Waals surface area contributed by atoms with Gasteiger partial charge in [-0.2, -0.15) is 0 Å². The van der Waals surface area contributed by atoms with Crippen LogP contribution in [0.25, 0.3) is 0 Å². The monoisotopic (exact) mass is 428 g/mol. The molecule has 0 heterocycles. The normalized spacial score (nSPS) is 44.6. The quantitative estimate of drug-likeness (QED) is 0.421. The fourth-order valence-electron chi connectivity index (χ4n) is 9.50. The van der Waals surface area contributed by atoms with E-state index in [9.17, 15) is 5.11 Å². The summed E-state index contributed by atoms with van der Waals surface area (Å²) < 4.78 is 0. The Morgan fingerprint density at radius 1 is 1.00 bits per heavy atom. The number of hydrogen-bond acceptors (Lipinski definition) is 1. The second-order valence-corrected chi connectivity index (χ2v) is 13.2. The Morgan fingerprint density at radius 3 is 2.48 bits per heavy atom. The van der Waals surface area contributed by atoms with Crippen molar-refractivity contribution in [3.8, 4) is 0 Å². The Bertz CT molecular complexity index is 649. The highest BCUT2D eigenvalue weighted by atomic mass is 16.3. The van der Waals surface area contributed by atoms with E-state index in [4.69, 9.17) is 0 Å². The molecule has 4 rings (SSSR count). The molecule has 0 spiro atoms. The number of fused-ring (bicyclic) bond motifs is 5. The van der Waals surface area contributed by atoms with Crippen molar-refractivity contribution in [1.82, 2.24) is 0 Å². The first kappa shape index (κ1) is 23.8. The van der Waals surface area contributed by atoms with Gasteiger partial charge in [-0.1, -0.05) is 72.5 Å². The molecule has 0 aliphatic heterocycles. The lowest BCUT2D eigenvalue weighted by atomic mass is 9.42. The van der Waals surface area contributed by atoms with E-state index in [-0.39, 0.29) is 6.10 Å². The van der Waals surface area contributed by atoms with Crippen LogP contribution < -0.4 is 0 Å². The lowest BCUT2D eigenvalue weighted by Crippen LogP contribution is -2.54. The molecule has 1 nitrogen and oxygen atoms in total. The second kappa shape index (κ2) is 9.15. The van der Waals surface area contributed by atoms with Crippen molar-refractivity contribution in [3.05, 3.63) is 11.6 Å². The van der Waals surface area contributed by atoms with Crippen LogP contribution in [0.1, 0.15) is 119 Å². The van der Waals surface area contributed by atoms with Gasteiger partial charge in [-0.25, -0.2) is 0 Å². The summed E-state index contributed by atoms with van der Waals surface area (Å²) in [4.78, 5) is 0. The van der Waals surface area contributed by atoms with Crippen molar-refractivity contribution in [2.75, 3.05) is 0 Å². The average Bonchev–Trinajstić information content (AvgIpc) is 2.73. The van der Waals surface area contributed by atoms with Gasteiger partial charge >= 0.3 is 0 Å². The van der Waals surface area contributed by atoms with E-state index in [1.54, 1.807) is 5.57 Å². The fraction of sp³-hybridized carbons (Fsp3) is 0.933. The van der Waals surface area contributed by atoms with Crippen molar-refractivity contribution >= 4 is 0 Å². The van der Waals surface area contributed by atoms with Gasteiger partial charge in [0, 0.05) is 0 Å². The molecule has 0 aromatic heterocycles. The van der Waals surface area contributed by atoms with Gasteiger partial charge < -0.3 is 5.11 Å². The number of allylic oxidation sites excluding steroid dienone is 1. The van der Waals surface area contributed by atoms with Gasteiger partial charge in [0.1, 0.15) is 0 Å². The molecule has 0 bridgehead atoms. The molecule has 3 fully saturated rings. The van der Waals surface area contributed by atoms with Gasteiger partial charge in [0.2, 0.25) is 0 Å². The molecule has 0 amide bonds. The van der Waals surface area contributed by atoms with E-state index in [2.05, 4.69) is 47.6 Å². The number of aliphatic hydroxyl groups is 1. The minimum Gasteiger partial charge on any atom is -0.393 e. The van der Waals surface area contributed by atoms with Crippen molar-refractivity contribution in [2.24, 2.45) is 52.3 Å². The summed E-state index contributed by atoms with van der Waals surface area (Å²) in [5.74, 6) is 6.26. The third kappa shape index (κ3) is 4.20. The summed E-state index contributed by atoms with van der Waals surface area (Å²) in [5, 5.41) is 10.3. The standard InChI is InChI=1S/C30H52O/c1-7-22(20(2)3)12-11-21(4)26-9-8-10-27-25-14-13-23-19-24(31)15-17-29(23,5)28(25)16-18-30(26,27)6/h13,20-22,24-28,31H,7-12,14-19H2,1-6H3/t21-,22-,24+,25?,26?,27?,28?,29+,30-/m1/s1. The van der Waals surface area contributed by atoms with E-state index < -0.39 is 0 Å². The van der Waals surface area contributed by atoms with E-state index in [1.807, 2.05) is 0 Å². The Balaban J connectivity index is 1.50. The zero-order chi connectivity index (χ0) is 22.4. The molecule has 9 atom stereocenters. The number of aliphatic hydroxyl groups excluding tert-OH is 1. The van der Waals surface area contributed by atoms with Gasteiger partial charge in [-0.15, -0.1) is 0 Å². The van der Waals surface area contributed by atoms with E-state index in [1.165, 1.54) is 64.2 Å². The topological polar surface area (TPSA) is 20.2 Å². The predicted octanol–water partition coefficient (Wildman–Crippen LogP) is 8.41. The highest BCUT2D eigenvalue weighted by molar-refractivity contribution is 5.25. The van der Waals surface area contributed by atoms with Crippen molar-refractivity contribution in [1.29, 1.82) is 0 Å². The highest BCUT2D eigenvalue weighted by Gasteiger charge is 2.57. The first-order valence-corrected chi connectivity index (χ1v) is 14.1. The molecule has 1 N–H and O–H groups in total. The van der Waals surface area contributed by atoms with Gasteiger partial charge in [-0.3, -0.25) is 0 Å². The fourth-order valence-corrected chi connectivity index (χ4v) is 9.50. The number of rotatable bonds is 6. The summed E-state index contributed by atoms with van der Waals surface area (Å²) in [6.07, 6.45) is 18.6. The van der Waals surface area contributed by atoms with Gasteiger partial charge in [-0.05, 0) is 110 Å². The van der Waals surface area contributed by atoms with E-state index >= 15 is 0 Å². The predicted molar refractivity (Wildman–Crippen MR) is 133 cm³/mol. The minimum absolute atomic E-state index is 0.0811. The molecule has 178 valence electrons. The first-order chi connectivity index (χ1) is 14.7. The Kier molecular flexibility index (Phi) is 7.04. The summed E-state index contributed by atoms with van der Waals surface area (Å²) in [7, 11) is 0. The Hall–Kier alpha value is -0.300. The SMILES string of the molecule is CC[C@H](CC[C@@H](C)C1CCCC2C3CC=C4C[C@@H](O)CC[C@]4(C)C3CC[C@@]21C)C(C)C. The smallest absolute Gasteiger partial charge is 0.0577 e. The molecular weight excluding hydrogens is 376 g/mol. The third-order valence-corrected chi connectivity index (χ3v) is 11.5. The third-order valence-electron chi connectivity index (χ3n) is 11.5. The number of hydrogen-bond donors (Lipinski definition) is 1. The summed E-state index contributed by atoms with van der Waals surface area (Å²) in [5.41, 5.74) is 2.57. The van der Waals surface area contributed by atoms with Crippen molar-refractivity contribution in [2.45, 2.75) is 125 Å². The van der Waals surface area contributed by atoms with Crippen molar-refractivity contribution in [3.63, 3.8) is 0 Å². The maximum atomic E-state index is 10.3. The van der Waals surface area contributed by atoms with Crippen LogP contribution in [0.3, 0.4) is 0 Å². The van der Waals surface area contributed by atoms with E-state index in [0.29, 0.717) is 10.8 Å². The molecule has 4 unspecified atom stereocenters. The second-order valence-electron chi connectivity index (χ2n) is 13.2. The molecular formula is C30H52O. The molecule has 0 radical (unpaired) electrons. The minimum atomic E-state index is -0.0811. The van der Waals surface area contributed by atoms with Crippen LogP contribution in [0, 0.1) is 52.3 Å². The van der Waals surface area contributed by atoms with Crippen molar-refractivity contribution < 1.29 is 5.11 Å². The maximum absolute atomic E-state index is 10.3. The largest absolute Gasteiger partial charge is 0.393 e. The molecule has 0 aromatic carbocycles. The molecule has 4 aliphatic carbocycles. The zero-order valence-corrected chi connectivity index (χ0v) is 21.6. The van der Waals surface area contributed by atoms with Crippen LogP contribution in [-0.2, 0) is 0 Å². The van der Waals surface area contributed by atoms with Crippen LogP contribution >= 0.6 is 0 Å². The lowest BCUT2D eigenvalue weighted by molar-refractivity contribution is -0.110. The molecule has 3 saturated carbocycles. The molecule has 0 saturated heterocycles.